The zero-order valence-electron chi connectivity index (χ0n) is 31.0. The van der Waals surface area contributed by atoms with E-state index in [4.69, 9.17) is 4.42 Å². The zero-order valence-corrected chi connectivity index (χ0v) is 31.8. The van der Waals surface area contributed by atoms with Gasteiger partial charge in [-0.2, -0.15) is 0 Å². The topological polar surface area (TPSA) is 16.4 Å². The summed E-state index contributed by atoms with van der Waals surface area (Å²) >= 11 is 1.83. The van der Waals surface area contributed by atoms with Crippen LogP contribution in [0, 0.1) is 0 Å². The summed E-state index contributed by atoms with van der Waals surface area (Å²) in [7, 11) is 0. The predicted molar refractivity (Wildman–Crippen MR) is 243 cm³/mol. The van der Waals surface area contributed by atoms with E-state index in [2.05, 4.69) is 211 Å². The number of rotatable bonds is 7. The van der Waals surface area contributed by atoms with Crippen LogP contribution in [-0.4, -0.2) is 0 Å². The van der Waals surface area contributed by atoms with Crippen LogP contribution in [-0.2, 0) is 0 Å². The van der Waals surface area contributed by atoms with Gasteiger partial charge in [-0.3, -0.25) is 0 Å². The minimum atomic E-state index is 0.923. The molecule has 0 spiro atoms. The van der Waals surface area contributed by atoms with Gasteiger partial charge in [0.2, 0.25) is 0 Å². The van der Waals surface area contributed by atoms with Gasteiger partial charge in [-0.25, -0.2) is 0 Å². The first-order valence-electron chi connectivity index (χ1n) is 19.3. The van der Waals surface area contributed by atoms with Crippen molar-refractivity contribution in [2.24, 2.45) is 0 Å². The number of hydrogen-bond donors (Lipinski definition) is 0. The molecule has 0 atom stereocenters. The molecule has 2 aromatic heterocycles. The molecule has 0 aliphatic rings. The highest BCUT2D eigenvalue weighted by atomic mass is 32.1. The molecule has 0 saturated heterocycles. The molecule has 2 heterocycles. The van der Waals surface area contributed by atoms with Crippen molar-refractivity contribution < 1.29 is 4.42 Å². The Balaban J connectivity index is 0.986. The second-order valence-electron chi connectivity index (χ2n) is 14.5. The van der Waals surface area contributed by atoms with E-state index in [-0.39, 0.29) is 0 Å². The number of anilines is 3. The van der Waals surface area contributed by atoms with Gasteiger partial charge in [0.1, 0.15) is 11.2 Å². The summed E-state index contributed by atoms with van der Waals surface area (Å²) < 4.78 is 9.06. The molecule has 0 N–H and O–H groups in total. The van der Waals surface area contributed by atoms with Crippen LogP contribution in [0.4, 0.5) is 17.1 Å². The second kappa shape index (κ2) is 13.8. The van der Waals surface area contributed by atoms with Gasteiger partial charge in [-0.15, -0.1) is 11.3 Å². The molecular formula is C54H35NOS. The van der Waals surface area contributed by atoms with E-state index in [0.717, 1.165) is 39.0 Å². The standard InChI is InChI=1S/C54H35NOS/c1-3-10-36(11-4-1)38-18-20-39(21-19-38)41-24-30-44(31-25-41)55(43-28-22-40(23-29-43)37-12-5-2-6-13-37)45-32-26-42(27-33-45)46-15-9-17-50-52(46)53-51(57-50)35-34-48-47-14-7-8-16-49(47)56-54(48)53/h1-35H. The molecule has 57 heavy (non-hydrogen) atoms. The Kier molecular flexibility index (Phi) is 8.04. The van der Waals surface area contributed by atoms with Crippen LogP contribution in [0.3, 0.4) is 0 Å². The third kappa shape index (κ3) is 5.88. The van der Waals surface area contributed by atoms with Crippen molar-refractivity contribution in [2.75, 3.05) is 4.90 Å². The highest BCUT2D eigenvalue weighted by Gasteiger charge is 2.19. The smallest absolute Gasteiger partial charge is 0.144 e. The average Bonchev–Trinajstić information content (AvgIpc) is 3.87. The number of fused-ring (bicyclic) bond motifs is 7. The van der Waals surface area contributed by atoms with E-state index >= 15 is 0 Å². The minimum absolute atomic E-state index is 0.923. The average molecular weight is 746 g/mol. The van der Waals surface area contributed by atoms with Crippen LogP contribution in [0.2, 0.25) is 0 Å². The van der Waals surface area contributed by atoms with E-state index in [1.54, 1.807) is 0 Å². The monoisotopic (exact) mass is 745 g/mol. The lowest BCUT2D eigenvalue weighted by Crippen LogP contribution is -2.09. The van der Waals surface area contributed by atoms with E-state index in [1.807, 2.05) is 17.4 Å². The van der Waals surface area contributed by atoms with Crippen molar-refractivity contribution in [3.63, 3.8) is 0 Å². The van der Waals surface area contributed by atoms with Crippen molar-refractivity contribution in [1.82, 2.24) is 0 Å². The van der Waals surface area contributed by atoms with Gasteiger partial charge in [-0.05, 0) is 105 Å². The molecule has 11 rings (SSSR count). The molecular weight excluding hydrogens is 711 g/mol. The lowest BCUT2D eigenvalue weighted by molar-refractivity contribution is 0.673. The molecule has 0 fully saturated rings. The summed E-state index contributed by atoms with van der Waals surface area (Å²) in [5, 5.41) is 4.75. The largest absolute Gasteiger partial charge is 0.455 e. The van der Waals surface area contributed by atoms with E-state index in [0.29, 0.717) is 0 Å². The molecule has 0 aliphatic carbocycles. The van der Waals surface area contributed by atoms with Gasteiger partial charge in [0, 0.05) is 48.0 Å². The Morgan fingerprint density at radius 3 is 1.33 bits per heavy atom. The molecule has 0 bridgehead atoms. The van der Waals surface area contributed by atoms with Crippen molar-refractivity contribution in [1.29, 1.82) is 0 Å². The van der Waals surface area contributed by atoms with Crippen LogP contribution in [0.25, 0.3) is 86.6 Å². The number of hydrogen-bond acceptors (Lipinski definition) is 3. The summed E-state index contributed by atoms with van der Waals surface area (Å²) in [6.45, 7) is 0. The number of benzene rings is 9. The molecule has 3 heteroatoms. The first-order valence-corrected chi connectivity index (χ1v) is 20.1. The normalized spacial score (nSPS) is 11.5. The Labute approximate surface area is 335 Å². The van der Waals surface area contributed by atoms with Crippen LogP contribution in [0.1, 0.15) is 0 Å². The quantitative estimate of drug-likeness (QED) is 0.162. The molecule has 0 amide bonds. The van der Waals surface area contributed by atoms with Gasteiger partial charge in [0.15, 0.2) is 0 Å². The SMILES string of the molecule is c1ccc(-c2ccc(-c3ccc(N(c4ccc(-c5ccccc5)cc4)c4ccc(-c5cccc6sc7ccc8c9ccccc9oc8c7c56)cc4)cc3)cc2)cc1. The number of thiophene rings is 1. The maximum Gasteiger partial charge on any atom is 0.144 e. The van der Waals surface area contributed by atoms with Crippen molar-refractivity contribution in [2.45, 2.75) is 0 Å². The van der Waals surface area contributed by atoms with Crippen LogP contribution in [0.5, 0.6) is 0 Å². The van der Waals surface area contributed by atoms with Gasteiger partial charge < -0.3 is 9.32 Å². The Morgan fingerprint density at radius 1 is 0.316 bits per heavy atom. The zero-order chi connectivity index (χ0) is 37.7. The molecule has 268 valence electrons. The molecule has 0 aliphatic heterocycles. The van der Waals surface area contributed by atoms with Crippen LogP contribution >= 0.6 is 11.3 Å². The molecule has 0 saturated carbocycles. The van der Waals surface area contributed by atoms with Gasteiger partial charge in [-0.1, -0.05) is 152 Å². The lowest BCUT2D eigenvalue weighted by Gasteiger charge is -2.26. The molecule has 2 nitrogen and oxygen atoms in total. The van der Waals surface area contributed by atoms with Crippen molar-refractivity contribution in [3.8, 4) is 44.5 Å². The van der Waals surface area contributed by atoms with E-state index < -0.39 is 0 Å². The van der Waals surface area contributed by atoms with Gasteiger partial charge in [0.05, 0.1) is 0 Å². The minimum Gasteiger partial charge on any atom is -0.455 e. The summed E-state index contributed by atoms with van der Waals surface area (Å²) in [5.41, 5.74) is 14.8. The van der Waals surface area contributed by atoms with Crippen LogP contribution in [0.15, 0.2) is 217 Å². The highest BCUT2D eigenvalue weighted by molar-refractivity contribution is 7.26. The van der Waals surface area contributed by atoms with Crippen molar-refractivity contribution in [3.05, 3.63) is 212 Å². The third-order valence-electron chi connectivity index (χ3n) is 11.1. The number of para-hydroxylation sites is 1. The maximum atomic E-state index is 6.57. The van der Waals surface area contributed by atoms with E-state index in [1.165, 1.54) is 64.7 Å². The fourth-order valence-electron chi connectivity index (χ4n) is 8.29. The summed E-state index contributed by atoms with van der Waals surface area (Å²) in [6, 6.07) is 76.2. The lowest BCUT2D eigenvalue weighted by atomic mass is 9.98. The molecule has 0 unspecified atom stereocenters. The maximum absolute atomic E-state index is 6.57. The van der Waals surface area contributed by atoms with Crippen LogP contribution < -0.4 is 4.90 Å². The van der Waals surface area contributed by atoms with Gasteiger partial charge in [0.25, 0.3) is 0 Å². The predicted octanol–water partition coefficient (Wildman–Crippen LogP) is 16.1. The first-order chi connectivity index (χ1) is 28.2. The summed E-state index contributed by atoms with van der Waals surface area (Å²) in [5.74, 6) is 0. The van der Waals surface area contributed by atoms with Gasteiger partial charge >= 0.3 is 0 Å². The molecule has 0 radical (unpaired) electrons. The van der Waals surface area contributed by atoms with Crippen molar-refractivity contribution >= 4 is 70.5 Å². The fourth-order valence-corrected chi connectivity index (χ4v) is 9.42. The Morgan fingerprint density at radius 2 is 0.772 bits per heavy atom. The van der Waals surface area contributed by atoms with E-state index in [9.17, 15) is 0 Å². The number of nitrogens with zero attached hydrogens (tertiary/aromatic N) is 1. The number of furan rings is 1. The molecule has 9 aromatic carbocycles. The first kappa shape index (κ1) is 33.2. The Bertz CT molecular complexity index is 3180. The Hall–Kier alpha value is -7.20. The molecule has 11 aromatic rings. The highest BCUT2D eigenvalue weighted by Crippen LogP contribution is 2.46. The summed E-state index contributed by atoms with van der Waals surface area (Å²) in [4.78, 5) is 2.35. The second-order valence-corrected chi connectivity index (χ2v) is 15.6. The third-order valence-corrected chi connectivity index (χ3v) is 12.2. The summed E-state index contributed by atoms with van der Waals surface area (Å²) in [6.07, 6.45) is 0. The fraction of sp³-hybridized carbons (Fsp3) is 0.